The highest BCUT2D eigenvalue weighted by molar-refractivity contribution is 5.43. The first kappa shape index (κ1) is 13.2. The molecule has 4 heteroatoms. The van der Waals surface area contributed by atoms with Crippen molar-refractivity contribution in [3.63, 3.8) is 0 Å². The molecular formula is C14H21NO3. The molecule has 1 aliphatic carbocycles. The predicted molar refractivity (Wildman–Crippen MR) is 69.7 cm³/mol. The molecule has 1 aliphatic rings. The molecule has 0 spiro atoms. The summed E-state index contributed by atoms with van der Waals surface area (Å²) in [5.41, 5.74) is 1.15. The third kappa shape index (κ3) is 3.37. The van der Waals surface area contributed by atoms with Gasteiger partial charge < -0.3 is 14.3 Å². The molecule has 2 N–H and O–H groups in total. The van der Waals surface area contributed by atoms with Crippen LogP contribution in [0.15, 0.2) is 18.2 Å². The van der Waals surface area contributed by atoms with Crippen LogP contribution < -0.4 is 15.4 Å². The lowest BCUT2D eigenvalue weighted by Gasteiger charge is -2.16. The predicted octanol–water partition coefficient (Wildman–Crippen LogP) is 2.45. The number of hydrogen-bond donors (Lipinski definition) is 1. The van der Waals surface area contributed by atoms with E-state index in [9.17, 15) is 0 Å². The number of ether oxygens (including phenoxy) is 2. The van der Waals surface area contributed by atoms with Crippen LogP contribution >= 0.6 is 0 Å². The molecule has 0 atom stereocenters. The molecule has 18 heavy (non-hydrogen) atoms. The number of benzene rings is 1. The van der Waals surface area contributed by atoms with E-state index in [2.05, 4.69) is 4.84 Å². The summed E-state index contributed by atoms with van der Waals surface area (Å²) in [5, 5.41) is 0. The van der Waals surface area contributed by atoms with Crippen molar-refractivity contribution >= 4 is 0 Å². The molecule has 1 aromatic rings. The molecule has 0 bridgehead atoms. The highest BCUT2D eigenvalue weighted by atomic mass is 16.6. The fraction of sp³-hybridized carbons (Fsp3) is 0.571. The molecular weight excluding hydrogens is 230 g/mol. The quantitative estimate of drug-likeness (QED) is 0.789. The Bertz CT molecular complexity index is 375. The Morgan fingerprint density at radius 2 is 2.00 bits per heavy atom. The summed E-state index contributed by atoms with van der Waals surface area (Å²) in [5.74, 6) is 6.67. The minimum atomic E-state index is 0.333. The second kappa shape index (κ2) is 6.61. The molecule has 0 radical (unpaired) electrons. The van der Waals surface area contributed by atoms with Gasteiger partial charge in [0.25, 0.3) is 0 Å². The monoisotopic (exact) mass is 251 g/mol. The minimum absolute atomic E-state index is 0.333. The van der Waals surface area contributed by atoms with Gasteiger partial charge in [-0.25, -0.2) is 5.90 Å². The van der Waals surface area contributed by atoms with Crippen molar-refractivity contribution in [2.45, 2.75) is 38.2 Å². The van der Waals surface area contributed by atoms with E-state index in [1.807, 2.05) is 18.2 Å². The lowest BCUT2D eigenvalue weighted by Crippen LogP contribution is -2.12. The molecule has 0 saturated heterocycles. The van der Waals surface area contributed by atoms with Gasteiger partial charge in [0, 0.05) is 0 Å². The van der Waals surface area contributed by atoms with Gasteiger partial charge in [-0.15, -0.1) is 0 Å². The summed E-state index contributed by atoms with van der Waals surface area (Å²) < 4.78 is 11.4. The van der Waals surface area contributed by atoms with Gasteiger partial charge in [-0.05, 0) is 49.8 Å². The van der Waals surface area contributed by atoms with Crippen molar-refractivity contribution < 1.29 is 14.3 Å². The van der Waals surface area contributed by atoms with Crippen LogP contribution in [0.3, 0.4) is 0 Å². The van der Waals surface area contributed by atoms with Gasteiger partial charge in [-0.1, -0.05) is 6.07 Å². The van der Waals surface area contributed by atoms with Gasteiger partial charge in [0.2, 0.25) is 0 Å². The maximum Gasteiger partial charge on any atom is 0.161 e. The van der Waals surface area contributed by atoms with Crippen LogP contribution in [-0.4, -0.2) is 19.8 Å². The highest BCUT2D eigenvalue weighted by Gasteiger charge is 2.18. The van der Waals surface area contributed by atoms with E-state index in [0.29, 0.717) is 12.7 Å². The van der Waals surface area contributed by atoms with Crippen LogP contribution in [-0.2, 0) is 11.3 Å². The largest absolute Gasteiger partial charge is 0.493 e. The molecule has 2 rings (SSSR count). The van der Waals surface area contributed by atoms with Crippen molar-refractivity contribution in [3.05, 3.63) is 23.8 Å². The van der Waals surface area contributed by atoms with E-state index >= 15 is 0 Å². The zero-order chi connectivity index (χ0) is 12.8. The maximum absolute atomic E-state index is 6.02. The molecule has 1 fully saturated rings. The molecule has 1 saturated carbocycles. The second-order valence-corrected chi connectivity index (χ2v) is 4.63. The molecule has 1 aromatic carbocycles. The van der Waals surface area contributed by atoms with Crippen LogP contribution in [0.2, 0.25) is 0 Å². The molecule has 0 aliphatic heterocycles. The summed E-state index contributed by atoms with van der Waals surface area (Å²) >= 11 is 0. The fourth-order valence-electron chi connectivity index (χ4n) is 2.33. The van der Waals surface area contributed by atoms with Crippen molar-refractivity contribution in [2.24, 2.45) is 5.90 Å². The summed E-state index contributed by atoms with van der Waals surface area (Å²) in [6.07, 6.45) is 5.90. The lowest BCUT2D eigenvalue weighted by molar-refractivity contribution is 0.141. The number of nitrogens with two attached hydrogens (primary N) is 1. The van der Waals surface area contributed by atoms with Crippen molar-refractivity contribution in [2.75, 3.05) is 13.7 Å². The first-order valence-electron chi connectivity index (χ1n) is 6.48. The van der Waals surface area contributed by atoms with Gasteiger partial charge in [-0.3, -0.25) is 0 Å². The molecule has 0 aromatic heterocycles. The Labute approximate surface area is 108 Å². The Morgan fingerprint density at radius 1 is 1.22 bits per heavy atom. The number of rotatable bonds is 6. The van der Waals surface area contributed by atoms with Crippen molar-refractivity contribution in [3.8, 4) is 11.5 Å². The van der Waals surface area contributed by atoms with E-state index in [4.69, 9.17) is 15.4 Å². The summed E-state index contributed by atoms with van der Waals surface area (Å²) in [4.78, 5) is 4.60. The van der Waals surface area contributed by atoms with Gasteiger partial charge in [0.15, 0.2) is 11.5 Å². The van der Waals surface area contributed by atoms with Gasteiger partial charge in [-0.2, -0.15) is 0 Å². The first-order chi connectivity index (χ1) is 8.83. The normalized spacial score (nSPS) is 15.9. The van der Waals surface area contributed by atoms with Crippen molar-refractivity contribution in [1.29, 1.82) is 0 Å². The summed E-state index contributed by atoms with van der Waals surface area (Å²) in [6.45, 7) is 0.509. The van der Waals surface area contributed by atoms with E-state index in [1.165, 1.54) is 12.8 Å². The molecule has 4 nitrogen and oxygen atoms in total. The van der Waals surface area contributed by atoms with Crippen LogP contribution in [0.1, 0.15) is 31.2 Å². The van der Waals surface area contributed by atoms with E-state index in [-0.39, 0.29) is 0 Å². The SMILES string of the molecule is COc1ccc(CCON)cc1OC1CCCC1. The minimum Gasteiger partial charge on any atom is -0.493 e. The van der Waals surface area contributed by atoms with Crippen LogP contribution in [0.25, 0.3) is 0 Å². The summed E-state index contributed by atoms with van der Waals surface area (Å²) in [6, 6.07) is 5.98. The molecule has 0 unspecified atom stereocenters. The fourth-order valence-corrected chi connectivity index (χ4v) is 2.33. The average Bonchev–Trinajstić information content (AvgIpc) is 2.89. The second-order valence-electron chi connectivity index (χ2n) is 4.63. The average molecular weight is 251 g/mol. The zero-order valence-electron chi connectivity index (χ0n) is 10.9. The first-order valence-corrected chi connectivity index (χ1v) is 6.48. The summed E-state index contributed by atoms with van der Waals surface area (Å²) in [7, 11) is 1.67. The van der Waals surface area contributed by atoms with E-state index in [0.717, 1.165) is 36.3 Å². The van der Waals surface area contributed by atoms with Gasteiger partial charge in [0.1, 0.15) is 0 Å². The Kier molecular flexibility index (Phi) is 4.84. The Balaban J connectivity index is 2.08. The molecule has 0 heterocycles. The van der Waals surface area contributed by atoms with Crippen molar-refractivity contribution in [1.82, 2.24) is 0 Å². The Hall–Kier alpha value is -1.26. The van der Waals surface area contributed by atoms with E-state index in [1.54, 1.807) is 7.11 Å². The smallest absolute Gasteiger partial charge is 0.161 e. The standard InChI is InChI=1S/C14H21NO3/c1-16-13-7-6-11(8-9-17-15)10-14(13)18-12-4-2-3-5-12/h6-7,10,12H,2-5,8-9,15H2,1H3. The van der Waals surface area contributed by atoms with Crippen LogP contribution in [0, 0.1) is 0 Å². The van der Waals surface area contributed by atoms with Gasteiger partial charge >= 0.3 is 0 Å². The Morgan fingerprint density at radius 3 is 2.67 bits per heavy atom. The van der Waals surface area contributed by atoms with E-state index < -0.39 is 0 Å². The third-order valence-electron chi connectivity index (χ3n) is 3.33. The molecule has 0 amide bonds. The maximum atomic E-state index is 6.02. The topological polar surface area (TPSA) is 53.7 Å². The lowest BCUT2D eigenvalue weighted by atomic mass is 10.1. The van der Waals surface area contributed by atoms with Crippen LogP contribution in [0.4, 0.5) is 0 Å². The highest BCUT2D eigenvalue weighted by Crippen LogP contribution is 2.32. The third-order valence-corrected chi connectivity index (χ3v) is 3.33. The zero-order valence-corrected chi connectivity index (χ0v) is 10.9. The van der Waals surface area contributed by atoms with Crippen LogP contribution in [0.5, 0.6) is 11.5 Å². The number of hydrogen-bond acceptors (Lipinski definition) is 4. The van der Waals surface area contributed by atoms with Gasteiger partial charge in [0.05, 0.1) is 19.8 Å². The molecule has 100 valence electrons. The number of methoxy groups -OCH3 is 1.